The lowest BCUT2D eigenvalue weighted by atomic mass is 9.87. The van der Waals surface area contributed by atoms with E-state index < -0.39 is 0 Å². The Balaban J connectivity index is 1.65. The normalized spacial score (nSPS) is 31.4. The lowest BCUT2D eigenvalue weighted by Crippen LogP contribution is -2.34. The Morgan fingerprint density at radius 2 is 1.94 bits per heavy atom. The first-order valence-electron chi connectivity index (χ1n) is 6.37. The number of rotatable bonds is 4. The van der Waals surface area contributed by atoms with Crippen LogP contribution in [0.25, 0.3) is 0 Å². The van der Waals surface area contributed by atoms with Crippen molar-refractivity contribution in [2.45, 2.75) is 50.7 Å². The molecule has 0 radical (unpaired) electrons. The Bertz CT molecular complexity index is 243. The molecule has 0 heterocycles. The van der Waals surface area contributed by atoms with E-state index in [4.69, 9.17) is 10.5 Å². The zero-order chi connectivity index (χ0) is 11.4. The Morgan fingerprint density at radius 3 is 2.50 bits per heavy atom. The Morgan fingerprint density at radius 1 is 1.25 bits per heavy atom. The van der Waals surface area contributed by atoms with E-state index in [1.54, 1.807) is 7.11 Å². The number of aliphatic imine (C=N–C) groups is 1. The fourth-order valence-corrected chi connectivity index (χ4v) is 2.26. The summed E-state index contributed by atoms with van der Waals surface area (Å²) in [6.45, 7) is 0.877. The van der Waals surface area contributed by atoms with Crippen molar-refractivity contribution in [3.05, 3.63) is 0 Å². The zero-order valence-electron chi connectivity index (χ0n) is 10.1. The maximum atomic E-state index is 5.80. The van der Waals surface area contributed by atoms with Crippen molar-refractivity contribution in [3.63, 3.8) is 0 Å². The minimum Gasteiger partial charge on any atom is -0.381 e. The first-order chi connectivity index (χ1) is 7.78. The van der Waals surface area contributed by atoms with Gasteiger partial charge >= 0.3 is 0 Å². The first-order valence-corrected chi connectivity index (χ1v) is 6.37. The van der Waals surface area contributed by atoms with Gasteiger partial charge in [0.25, 0.3) is 0 Å². The lowest BCUT2D eigenvalue weighted by Gasteiger charge is -2.26. The molecule has 0 aromatic heterocycles. The fraction of sp³-hybridized carbons (Fsp3) is 0.917. The third kappa shape index (κ3) is 3.67. The third-order valence-electron chi connectivity index (χ3n) is 3.58. The standard InChI is InChI=1S/C12H23N3O/c1-16-11-6-2-9(3-7-11)8-14-12(13)15-10-4-5-10/h9-11H,2-8H2,1H3,(H3,13,14,15). The molecule has 4 heteroatoms. The van der Waals surface area contributed by atoms with Crippen LogP contribution in [0.4, 0.5) is 0 Å². The van der Waals surface area contributed by atoms with Crippen LogP contribution in [0, 0.1) is 5.92 Å². The Kier molecular flexibility index (Phi) is 4.04. The van der Waals surface area contributed by atoms with E-state index in [1.807, 2.05) is 0 Å². The second kappa shape index (κ2) is 5.53. The molecule has 0 aliphatic heterocycles. The highest BCUT2D eigenvalue weighted by molar-refractivity contribution is 5.78. The van der Waals surface area contributed by atoms with Gasteiger partial charge < -0.3 is 15.8 Å². The van der Waals surface area contributed by atoms with Crippen LogP contribution in [0.3, 0.4) is 0 Å². The molecule has 0 spiro atoms. The van der Waals surface area contributed by atoms with Gasteiger partial charge in [0.05, 0.1) is 6.10 Å². The lowest BCUT2D eigenvalue weighted by molar-refractivity contribution is 0.0581. The summed E-state index contributed by atoms with van der Waals surface area (Å²) < 4.78 is 5.35. The van der Waals surface area contributed by atoms with Crippen LogP contribution in [-0.4, -0.2) is 31.8 Å². The van der Waals surface area contributed by atoms with Crippen molar-refractivity contribution >= 4 is 5.96 Å². The molecule has 0 unspecified atom stereocenters. The second-order valence-corrected chi connectivity index (χ2v) is 5.02. The van der Waals surface area contributed by atoms with Gasteiger partial charge in [0.2, 0.25) is 0 Å². The minimum absolute atomic E-state index is 0.474. The molecular formula is C12H23N3O. The van der Waals surface area contributed by atoms with E-state index in [9.17, 15) is 0 Å². The van der Waals surface area contributed by atoms with Crippen molar-refractivity contribution in [2.75, 3.05) is 13.7 Å². The van der Waals surface area contributed by atoms with Gasteiger partial charge in [-0.3, -0.25) is 4.99 Å². The van der Waals surface area contributed by atoms with Crippen molar-refractivity contribution < 1.29 is 4.74 Å². The molecule has 2 aliphatic carbocycles. The van der Waals surface area contributed by atoms with Gasteiger partial charge in [-0.1, -0.05) is 0 Å². The van der Waals surface area contributed by atoms with Crippen molar-refractivity contribution in [1.82, 2.24) is 5.32 Å². The van der Waals surface area contributed by atoms with Crippen LogP contribution in [0.15, 0.2) is 4.99 Å². The maximum Gasteiger partial charge on any atom is 0.188 e. The number of hydrogen-bond acceptors (Lipinski definition) is 2. The molecule has 3 N–H and O–H groups in total. The number of hydrogen-bond donors (Lipinski definition) is 2. The largest absolute Gasteiger partial charge is 0.381 e. The average molecular weight is 225 g/mol. The molecule has 2 aliphatic rings. The van der Waals surface area contributed by atoms with Gasteiger partial charge in [-0.25, -0.2) is 0 Å². The zero-order valence-corrected chi connectivity index (χ0v) is 10.1. The third-order valence-corrected chi connectivity index (χ3v) is 3.58. The van der Waals surface area contributed by atoms with E-state index in [0.29, 0.717) is 24.0 Å². The Hall–Kier alpha value is -0.770. The SMILES string of the molecule is COC1CCC(CN=C(N)NC2CC2)CC1. The van der Waals surface area contributed by atoms with Gasteiger partial charge in [-0.15, -0.1) is 0 Å². The summed E-state index contributed by atoms with van der Waals surface area (Å²) in [5.41, 5.74) is 5.80. The monoisotopic (exact) mass is 225 g/mol. The van der Waals surface area contributed by atoms with Gasteiger partial charge in [0, 0.05) is 19.7 Å². The number of ether oxygens (including phenoxy) is 1. The molecule has 0 bridgehead atoms. The number of nitrogens with one attached hydrogen (secondary N) is 1. The smallest absolute Gasteiger partial charge is 0.188 e. The second-order valence-electron chi connectivity index (χ2n) is 5.02. The summed E-state index contributed by atoms with van der Waals surface area (Å²) in [7, 11) is 1.81. The van der Waals surface area contributed by atoms with Crippen LogP contribution >= 0.6 is 0 Å². The summed E-state index contributed by atoms with van der Waals surface area (Å²) in [5, 5.41) is 3.22. The molecule has 0 aromatic carbocycles. The maximum absolute atomic E-state index is 5.80. The minimum atomic E-state index is 0.474. The van der Waals surface area contributed by atoms with Crippen molar-refractivity contribution in [1.29, 1.82) is 0 Å². The van der Waals surface area contributed by atoms with Gasteiger partial charge in [-0.2, -0.15) is 0 Å². The topological polar surface area (TPSA) is 59.6 Å². The van der Waals surface area contributed by atoms with Crippen LogP contribution in [0.2, 0.25) is 0 Å². The van der Waals surface area contributed by atoms with E-state index >= 15 is 0 Å². The van der Waals surface area contributed by atoms with E-state index in [0.717, 1.165) is 6.54 Å². The molecule has 2 saturated carbocycles. The number of methoxy groups -OCH3 is 1. The van der Waals surface area contributed by atoms with Crippen LogP contribution in [0.1, 0.15) is 38.5 Å². The highest BCUT2D eigenvalue weighted by Gasteiger charge is 2.22. The van der Waals surface area contributed by atoms with E-state index in [1.165, 1.54) is 38.5 Å². The first kappa shape index (κ1) is 11.7. The van der Waals surface area contributed by atoms with Crippen molar-refractivity contribution in [3.8, 4) is 0 Å². The molecule has 0 aromatic rings. The van der Waals surface area contributed by atoms with Crippen LogP contribution < -0.4 is 11.1 Å². The summed E-state index contributed by atoms with van der Waals surface area (Å²) >= 11 is 0. The van der Waals surface area contributed by atoms with Crippen LogP contribution in [-0.2, 0) is 4.74 Å². The predicted octanol–water partition coefficient (Wildman–Crippen LogP) is 1.26. The number of nitrogens with zero attached hydrogens (tertiary/aromatic N) is 1. The summed E-state index contributed by atoms with van der Waals surface area (Å²) in [6.07, 6.45) is 7.75. The molecule has 4 nitrogen and oxygen atoms in total. The van der Waals surface area contributed by atoms with Gasteiger partial charge in [-0.05, 0) is 44.4 Å². The molecule has 0 atom stereocenters. The number of nitrogens with two attached hydrogens (primary N) is 1. The molecule has 2 rings (SSSR count). The molecule has 92 valence electrons. The summed E-state index contributed by atoms with van der Waals surface area (Å²) in [6, 6.07) is 0.605. The quantitative estimate of drug-likeness (QED) is 0.559. The van der Waals surface area contributed by atoms with Crippen LogP contribution in [0.5, 0.6) is 0 Å². The molecule has 0 saturated heterocycles. The predicted molar refractivity (Wildman–Crippen MR) is 65.4 cm³/mol. The van der Waals surface area contributed by atoms with Crippen molar-refractivity contribution in [2.24, 2.45) is 16.6 Å². The highest BCUT2D eigenvalue weighted by Crippen LogP contribution is 2.26. The van der Waals surface area contributed by atoms with Gasteiger partial charge in [0.1, 0.15) is 0 Å². The average Bonchev–Trinajstić information content (AvgIpc) is 3.11. The summed E-state index contributed by atoms with van der Waals surface area (Å²) in [5.74, 6) is 1.34. The summed E-state index contributed by atoms with van der Waals surface area (Å²) in [4.78, 5) is 4.42. The van der Waals surface area contributed by atoms with E-state index in [-0.39, 0.29) is 0 Å². The molecular weight excluding hydrogens is 202 g/mol. The van der Waals surface area contributed by atoms with E-state index in [2.05, 4.69) is 10.3 Å². The Labute approximate surface area is 97.6 Å². The fourth-order valence-electron chi connectivity index (χ4n) is 2.26. The molecule has 2 fully saturated rings. The molecule has 0 amide bonds. The highest BCUT2D eigenvalue weighted by atomic mass is 16.5. The number of guanidine groups is 1. The molecule has 16 heavy (non-hydrogen) atoms. The van der Waals surface area contributed by atoms with Gasteiger partial charge in [0.15, 0.2) is 5.96 Å².